The van der Waals surface area contributed by atoms with Crippen LogP contribution in [0, 0.1) is 0 Å². The molecule has 1 amide bonds. The molecule has 0 saturated heterocycles. The highest BCUT2D eigenvalue weighted by atomic mass is 32.1. The van der Waals surface area contributed by atoms with Gasteiger partial charge in [-0.2, -0.15) is 0 Å². The van der Waals surface area contributed by atoms with E-state index in [-0.39, 0.29) is 12.1 Å². The van der Waals surface area contributed by atoms with E-state index in [0.29, 0.717) is 48.4 Å². The van der Waals surface area contributed by atoms with Crippen molar-refractivity contribution in [1.29, 1.82) is 0 Å². The van der Waals surface area contributed by atoms with Gasteiger partial charge in [-0.05, 0) is 44.5 Å². The summed E-state index contributed by atoms with van der Waals surface area (Å²) in [7, 11) is 0. The van der Waals surface area contributed by atoms with Gasteiger partial charge in [-0.1, -0.05) is 6.92 Å². The van der Waals surface area contributed by atoms with Crippen LogP contribution >= 0.6 is 23.6 Å². The number of nitrogens with one attached hydrogen (secondary N) is 2. The maximum Gasteiger partial charge on any atom is 0.410 e. The maximum atomic E-state index is 12.5. The van der Waals surface area contributed by atoms with Crippen LogP contribution in [0.15, 0.2) is 0 Å². The van der Waals surface area contributed by atoms with E-state index in [1.54, 1.807) is 18.7 Å². The lowest BCUT2D eigenvalue weighted by atomic mass is 10.0. The minimum atomic E-state index is -0.365. The molecule has 9 heteroatoms. The first-order chi connectivity index (χ1) is 12.5. The van der Waals surface area contributed by atoms with E-state index in [9.17, 15) is 9.59 Å². The molecule has 0 radical (unpaired) electrons. The lowest BCUT2D eigenvalue weighted by Gasteiger charge is -2.26. The fourth-order valence-electron chi connectivity index (χ4n) is 2.67. The maximum absolute atomic E-state index is 12.5. The molecule has 0 saturated carbocycles. The van der Waals surface area contributed by atoms with Gasteiger partial charge in [0.1, 0.15) is 5.00 Å². The van der Waals surface area contributed by atoms with Gasteiger partial charge in [-0.15, -0.1) is 11.3 Å². The number of nitrogens with zero attached hydrogens (tertiary/aromatic N) is 1. The summed E-state index contributed by atoms with van der Waals surface area (Å²) in [5.41, 5.74) is 1.45. The van der Waals surface area contributed by atoms with Crippen LogP contribution in [0.2, 0.25) is 0 Å². The summed E-state index contributed by atoms with van der Waals surface area (Å²) in [6.45, 7) is 7.93. The number of carbonyl (C=O) groups excluding carboxylic acids is 2. The molecule has 1 aromatic rings. The normalized spacial score (nSPS) is 13.0. The predicted molar refractivity (Wildman–Crippen MR) is 106 cm³/mol. The van der Waals surface area contributed by atoms with Gasteiger partial charge in [0.15, 0.2) is 5.11 Å². The molecule has 144 valence electrons. The molecule has 2 rings (SSSR count). The number of hydrogen-bond acceptors (Lipinski definition) is 6. The molecule has 0 unspecified atom stereocenters. The van der Waals surface area contributed by atoms with Crippen LogP contribution < -0.4 is 10.6 Å². The first-order valence-electron chi connectivity index (χ1n) is 8.79. The minimum Gasteiger partial charge on any atom is -0.462 e. The van der Waals surface area contributed by atoms with Crippen molar-refractivity contribution in [3.8, 4) is 0 Å². The SMILES string of the molecule is CCCNC(=S)Nc1sc2c(c1C(=O)OCC)CCN(C(=O)OCC)C2. The topological polar surface area (TPSA) is 79.9 Å². The van der Waals surface area contributed by atoms with Gasteiger partial charge in [0.25, 0.3) is 0 Å². The van der Waals surface area contributed by atoms with E-state index in [1.807, 2.05) is 6.92 Å². The molecule has 0 aliphatic carbocycles. The third-order valence-corrected chi connectivity index (χ3v) is 5.20. The molecule has 0 aromatic carbocycles. The third kappa shape index (κ3) is 4.85. The van der Waals surface area contributed by atoms with Gasteiger partial charge in [-0.25, -0.2) is 9.59 Å². The minimum absolute atomic E-state index is 0.302. The van der Waals surface area contributed by atoms with Crippen molar-refractivity contribution in [2.45, 2.75) is 40.2 Å². The van der Waals surface area contributed by atoms with Crippen molar-refractivity contribution >= 4 is 45.7 Å². The molecule has 1 aliphatic rings. The van der Waals surface area contributed by atoms with Crippen LogP contribution in [-0.4, -0.2) is 48.4 Å². The highest BCUT2D eigenvalue weighted by Crippen LogP contribution is 2.37. The molecular weight excluding hydrogens is 374 g/mol. The van der Waals surface area contributed by atoms with Gasteiger partial charge < -0.3 is 25.0 Å². The predicted octanol–water partition coefficient (Wildman–Crippen LogP) is 3.14. The highest BCUT2D eigenvalue weighted by Gasteiger charge is 2.31. The van der Waals surface area contributed by atoms with Gasteiger partial charge in [0.05, 0.1) is 25.3 Å². The molecular formula is C17H25N3O4S2. The second kappa shape index (κ2) is 9.72. The van der Waals surface area contributed by atoms with Crippen molar-refractivity contribution in [2.75, 3.05) is 31.6 Å². The van der Waals surface area contributed by atoms with Crippen LogP contribution in [0.1, 0.15) is 48.0 Å². The van der Waals surface area contributed by atoms with Crippen molar-refractivity contribution in [3.63, 3.8) is 0 Å². The first kappa shape index (κ1) is 20.4. The lowest BCUT2D eigenvalue weighted by molar-refractivity contribution is 0.0526. The molecule has 2 N–H and O–H groups in total. The summed E-state index contributed by atoms with van der Waals surface area (Å²) in [6, 6.07) is 0. The number of amides is 1. The number of fused-ring (bicyclic) bond motifs is 1. The number of ether oxygens (including phenoxy) is 2. The summed E-state index contributed by atoms with van der Waals surface area (Å²) in [6.07, 6.45) is 1.19. The summed E-state index contributed by atoms with van der Waals surface area (Å²) in [5.74, 6) is -0.365. The molecule has 7 nitrogen and oxygen atoms in total. The quantitative estimate of drug-likeness (QED) is 0.562. The summed E-state index contributed by atoms with van der Waals surface area (Å²) in [4.78, 5) is 27.1. The van der Waals surface area contributed by atoms with E-state index in [1.165, 1.54) is 11.3 Å². The number of hydrogen-bond donors (Lipinski definition) is 2. The Kier molecular flexibility index (Phi) is 7.65. The number of thiophene rings is 1. The molecule has 0 fully saturated rings. The van der Waals surface area contributed by atoms with E-state index in [0.717, 1.165) is 23.4 Å². The second-order valence-electron chi connectivity index (χ2n) is 5.68. The van der Waals surface area contributed by atoms with Crippen molar-refractivity contribution in [2.24, 2.45) is 0 Å². The van der Waals surface area contributed by atoms with E-state index >= 15 is 0 Å². The van der Waals surface area contributed by atoms with Crippen LogP contribution in [0.5, 0.6) is 0 Å². The third-order valence-electron chi connectivity index (χ3n) is 3.83. The number of anilines is 1. The van der Waals surface area contributed by atoms with Gasteiger partial charge >= 0.3 is 12.1 Å². The monoisotopic (exact) mass is 399 g/mol. The Hall–Kier alpha value is -1.87. The average Bonchev–Trinajstić information content (AvgIpc) is 2.97. The van der Waals surface area contributed by atoms with Crippen molar-refractivity contribution < 1.29 is 19.1 Å². The average molecular weight is 400 g/mol. The molecule has 0 spiro atoms. The Morgan fingerprint density at radius 2 is 1.96 bits per heavy atom. The number of thiocarbonyl (C=S) groups is 1. The lowest BCUT2D eigenvalue weighted by Crippen LogP contribution is -2.36. The van der Waals surface area contributed by atoms with Crippen LogP contribution in [0.3, 0.4) is 0 Å². The number of rotatable bonds is 6. The second-order valence-corrected chi connectivity index (χ2v) is 7.19. The van der Waals surface area contributed by atoms with Gasteiger partial charge in [0.2, 0.25) is 0 Å². The number of carbonyl (C=O) groups is 2. The standard InChI is InChI=1S/C17H25N3O4S2/c1-4-8-18-16(25)19-14-13(15(21)23-5-2)11-7-9-20(10-12(11)26-14)17(22)24-6-3/h4-10H2,1-3H3,(H2,18,19,25). The molecule has 0 bridgehead atoms. The molecule has 2 heterocycles. The summed E-state index contributed by atoms with van der Waals surface area (Å²) in [5, 5.41) is 7.34. The Balaban J connectivity index is 2.26. The largest absolute Gasteiger partial charge is 0.462 e. The van der Waals surface area contributed by atoms with Crippen LogP contribution in [-0.2, 0) is 22.4 Å². The van der Waals surface area contributed by atoms with Crippen molar-refractivity contribution in [1.82, 2.24) is 10.2 Å². The van der Waals surface area contributed by atoms with Crippen molar-refractivity contribution in [3.05, 3.63) is 16.0 Å². The van der Waals surface area contributed by atoms with Crippen LogP contribution in [0.25, 0.3) is 0 Å². The van der Waals surface area contributed by atoms with E-state index in [4.69, 9.17) is 21.7 Å². The zero-order chi connectivity index (χ0) is 19.1. The van der Waals surface area contributed by atoms with Gasteiger partial charge in [-0.3, -0.25) is 0 Å². The van der Waals surface area contributed by atoms with E-state index in [2.05, 4.69) is 10.6 Å². The zero-order valence-corrected chi connectivity index (χ0v) is 17.0. The van der Waals surface area contributed by atoms with Crippen LogP contribution in [0.4, 0.5) is 9.80 Å². The Bertz CT molecular complexity index is 675. The van der Waals surface area contributed by atoms with Gasteiger partial charge in [0, 0.05) is 18.0 Å². The first-order valence-corrected chi connectivity index (χ1v) is 10.0. The zero-order valence-electron chi connectivity index (χ0n) is 15.3. The summed E-state index contributed by atoms with van der Waals surface area (Å²) >= 11 is 6.73. The molecule has 1 aliphatic heterocycles. The smallest absolute Gasteiger partial charge is 0.410 e. The molecule has 0 atom stereocenters. The fourth-order valence-corrected chi connectivity index (χ4v) is 4.19. The Labute approximate surface area is 163 Å². The fraction of sp³-hybridized carbons (Fsp3) is 0.588. The van der Waals surface area contributed by atoms with E-state index < -0.39 is 0 Å². The Morgan fingerprint density at radius 1 is 1.23 bits per heavy atom. The molecule has 1 aromatic heterocycles. The molecule has 26 heavy (non-hydrogen) atoms. The Morgan fingerprint density at radius 3 is 2.62 bits per heavy atom. The summed E-state index contributed by atoms with van der Waals surface area (Å²) < 4.78 is 10.3. The number of esters is 1. The highest BCUT2D eigenvalue weighted by molar-refractivity contribution is 7.80.